The Bertz CT molecular complexity index is 200. The zero-order valence-electron chi connectivity index (χ0n) is 11.1. The Hall–Kier alpha value is 0. The number of rotatable bonds is 2. The lowest BCUT2D eigenvalue weighted by Gasteiger charge is -2.62. The molecule has 88 valence electrons. The fraction of sp³-hybridized carbons (Fsp3) is 1.00. The van der Waals surface area contributed by atoms with Crippen LogP contribution in [0.1, 0.15) is 72.6 Å². The molecule has 0 aromatic carbocycles. The predicted octanol–water partition coefficient (Wildman–Crippen LogP) is 5.03. The highest BCUT2D eigenvalue weighted by Crippen LogP contribution is 2.66. The third-order valence-corrected chi connectivity index (χ3v) is 5.62. The van der Waals surface area contributed by atoms with Gasteiger partial charge >= 0.3 is 0 Å². The average molecular weight is 208 g/mol. The molecule has 2 saturated carbocycles. The molecule has 0 heterocycles. The van der Waals surface area contributed by atoms with Crippen LogP contribution in [0.2, 0.25) is 0 Å². The maximum atomic E-state index is 2.44. The van der Waals surface area contributed by atoms with Crippen molar-refractivity contribution in [2.24, 2.45) is 22.7 Å². The van der Waals surface area contributed by atoms with Crippen LogP contribution >= 0.6 is 0 Å². The summed E-state index contributed by atoms with van der Waals surface area (Å²) in [6, 6.07) is 0. The summed E-state index contributed by atoms with van der Waals surface area (Å²) in [5.41, 5.74) is 1.49. The summed E-state index contributed by atoms with van der Waals surface area (Å²) in [6.45, 7) is 9.76. The van der Waals surface area contributed by atoms with Crippen molar-refractivity contribution in [2.75, 3.05) is 0 Å². The third kappa shape index (κ3) is 1.74. The highest BCUT2D eigenvalue weighted by atomic mass is 14.6. The quantitative estimate of drug-likeness (QED) is 0.597. The molecule has 2 aliphatic carbocycles. The molecule has 0 aromatic rings. The Morgan fingerprint density at radius 3 is 1.60 bits per heavy atom. The first-order valence-electron chi connectivity index (χ1n) is 7.01. The normalized spacial score (nSPS) is 28.4. The van der Waals surface area contributed by atoms with Crippen LogP contribution in [0.4, 0.5) is 0 Å². The monoisotopic (exact) mass is 208 g/mol. The van der Waals surface area contributed by atoms with Gasteiger partial charge in [-0.25, -0.2) is 0 Å². The molecule has 0 radical (unpaired) electrons. The summed E-state index contributed by atoms with van der Waals surface area (Å²) in [5.74, 6) is 1.76. The second-order valence-electron chi connectivity index (χ2n) is 6.96. The standard InChI is InChI=1S/C15H28/c1-12(2)15(13(3)4)10-14(11-15)8-6-5-7-9-14/h12-13H,5-11H2,1-4H3. The topological polar surface area (TPSA) is 0 Å². The Balaban J connectivity index is 2.04. The first kappa shape index (κ1) is 11.5. The fourth-order valence-corrected chi connectivity index (χ4v) is 4.48. The molecule has 0 unspecified atom stereocenters. The molecule has 0 amide bonds. The first-order chi connectivity index (χ1) is 7.01. The molecule has 0 aromatic heterocycles. The Morgan fingerprint density at radius 2 is 1.20 bits per heavy atom. The molecule has 0 saturated heterocycles. The molecule has 0 atom stereocenters. The van der Waals surface area contributed by atoms with Gasteiger partial charge in [-0.15, -0.1) is 0 Å². The minimum absolute atomic E-state index is 0.692. The summed E-state index contributed by atoms with van der Waals surface area (Å²) in [4.78, 5) is 0. The van der Waals surface area contributed by atoms with E-state index in [0.29, 0.717) is 5.41 Å². The van der Waals surface area contributed by atoms with Crippen molar-refractivity contribution < 1.29 is 0 Å². The molecule has 2 aliphatic rings. The second-order valence-corrected chi connectivity index (χ2v) is 6.96. The SMILES string of the molecule is CC(C)C1(C(C)C)CC2(CCCCC2)C1. The molecule has 2 rings (SSSR count). The van der Waals surface area contributed by atoms with Crippen LogP contribution < -0.4 is 0 Å². The molecule has 0 nitrogen and oxygen atoms in total. The summed E-state index contributed by atoms with van der Waals surface area (Å²) < 4.78 is 0. The summed E-state index contributed by atoms with van der Waals surface area (Å²) >= 11 is 0. The van der Waals surface area contributed by atoms with E-state index in [1.807, 2.05) is 0 Å². The molecule has 1 spiro atoms. The van der Waals surface area contributed by atoms with E-state index in [4.69, 9.17) is 0 Å². The first-order valence-corrected chi connectivity index (χ1v) is 7.01. The Labute approximate surface area is 95.8 Å². The Kier molecular flexibility index (Phi) is 2.90. The van der Waals surface area contributed by atoms with Gasteiger partial charge in [0.05, 0.1) is 0 Å². The lowest BCUT2D eigenvalue weighted by atomic mass is 9.42. The number of hydrogen-bond acceptors (Lipinski definition) is 0. The Morgan fingerprint density at radius 1 is 0.733 bits per heavy atom. The predicted molar refractivity (Wildman–Crippen MR) is 66.9 cm³/mol. The molecule has 0 heteroatoms. The zero-order chi connectivity index (χ0) is 11.1. The summed E-state index contributed by atoms with van der Waals surface area (Å²) in [7, 11) is 0. The van der Waals surface area contributed by atoms with Crippen molar-refractivity contribution in [3.63, 3.8) is 0 Å². The van der Waals surface area contributed by atoms with Crippen LogP contribution in [-0.2, 0) is 0 Å². The van der Waals surface area contributed by atoms with E-state index in [9.17, 15) is 0 Å². The van der Waals surface area contributed by atoms with Crippen LogP contribution in [0, 0.1) is 22.7 Å². The van der Waals surface area contributed by atoms with Gasteiger partial charge in [-0.2, -0.15) is 0 Å². The van der Waals surface area contributed by atoms with E-state index < -0.39 is 0 Å². The van der Waals surface area contributed by atoms with E-state index in [2.05, 4.69) is 27.7 Å². The molecule has 0 bridgehead atoms. The van der Waals surface area contributed by atoms with E-state index in [0.717, 1.165) is 17.3 Å². The van der Waals surface area contributed by atoms with E-state index >= 15 is 0 Å². The van der Waals surface area contributed by atoms with Crippen LogP contribution in [-0.4, -0.2) is 0 Å². The van der Waals surface area contributed by atoms with Gasteiger partial charge in [-0.05, 0) is 48.3 Å². The zero-order valence-corrected chi connectivity index (χ0v) is 11.1. The van der Waals surface area contributed by atoms with Gasteiger partial charge in [0.2, 0.25) is 0 Å². The van der Waals surface area contributed by atoms with Gasteiger partial charge in [0.1, 0.15) is 0 Å². The van der Waals surface area contributed by atoms with Gasteiger partial charge in [0.15, 0.2) is 0 Å². The van der Waals surface area contributed by atoms with E-state index in [1.54, 1.807) is 0 Å². The maximum Gasteiger partial charge on any atom is -0.0241 e. The largest absolute Gasteiger partial charge is 0.0622 e. The van der Waals surface area contributed by atoms with Gasteiger partial charge in [-0.3, -0.25) is 0 Å². The van der Waals surface area contributed by atoms with E-state index in [1.165, 1.54) is 44.9 Å². The maximum absolute atomic E-state index is 2.44. The van der Waals surface area contributed by atoms with Crippen molar-refractivity contribution >= 4 is 0 Å². The van der Waals surface area contributed by atoms with Crippen molar-refractivity contribution in [3.8, 4) is 0 Å². The highest BCUT2D eigenvalue weighted by molar-refractivity contribution is 5.06. The molecular formula is C15H28. The smallest absolute Gasteiger partial charge is 0.0241 e. The van der Waals surface area contributed by atoms with Gasteiger partial charge in [-0.1, -0.05) is 47.0 Å². The van der Waals surface area contributed by atoms with Crippen LogP contribution in [0.25, 0.3) is 0 Å². The highest BCUT2D eigenvalue weighted by Gasteiger charge is 2.56. The van der Waals surface area contributed by atoms with Gasteiger partial charge in [0, 0.05) is 0 Å². The van der Waals surface area contributed by atoms with Gasteiger partial charge < -0.3 is 0 Å². The summed E-state index contributed by atoms with van der Waals surface area (Å²) in [6.07, 6.45) is 10.7. The number of hydrogen-bond donors (Lipinski definition) is 0. The molecular weight excluding hydrogens is 180 g/mol. The summed E-state index contributed by atoms with van der Waals surface area (Å²) in [5, 5.41) is 0. The average Bonchev–Trinajstić information content (AvgIpc) is 2.14. The van der Waals surface area contributed by atoms with Crippen molar-refractivity contribution in [1.82, 2.24) is 0 Å². The third-order valence-electron chi connectivity index (χ3n) is 5.62. The lowest BCUT2D eigenvalue weighted by Crippen LogP contribution is -2.53. The second kappa shape index (κ2) is 3.79. The van der Waals surface area contributed by atoms with Crippen LogP contribution in [0.3, 0.4) is 0 Å². The fourth-order valence-electron chi connectivity index (χ4n) is 4.48. The van der Waals surface area contributed by atoms with E-state index in [-0.39, 0.29) is 0 Å². The van der Waals surface area contributed by atoms with Crippen molar-refractivity contribution in [1.29, 1.82) is 0 Å². The van der Waals surface area contributed by atoms with Crippen molar-refractivity contribution in [3.05, 3.63) is 0 Å². The van der Waals surface area contributed by atoms with Crippen LogP contribution in [0.15, 0.2) is 0 Å². The minimum atomic E-state index is 0.692. The van der Waals surface area contributed by atoms with Gasteiger partial charge in [0.25, 0.3) is 0 Å². The molecule has 15 heavy (non-hydrogen) atoms. The molecule has 2 fully saturated rings. The van der Waals surface area contributed by atoms with Crippen molar-refractivity contribution in [2.45, 2.75) is 72.6 Å². The molecule has 0 aliphatic heterocycles. The molecule has 0 N–H and O–H groups in total. The van der Waals surface area contributed by atoms with Crippen LogP contribution in [0.5, 0.6) is 0 Å². The lowest BCUT2D eigenvalue weighted by molar-refractivity contribution is -0.124. The minimum Gasteiger partial charge on any atom is -0.0622 e.